The van der Waals surface area contributed by atoms with E-state index < -0.39 is 0 Å². The molecule has 1 atom stereocenters. The second-order valence-electron chi connectivity index (χ2n) is 4.56. The Morgan fingerprint density at radius 1 is 1.53 bits per heavy atom. The van der Waals surface area contributed by atoms with Crippen molar-refractivity contribution in [2.75, 3.05) is 13.1 Å². The lowest BCUT2D eigenvalue weighted by atomic mass is 9.92. The van der Waals surface area contributed by atoms with Crippen molar-refractivity contribution in [1.82, 2.24) is 14.5 Å². The van der Waals surface area contributed by atoms with Gasteiger partial charge in [-0.2, -0.15) is 0 Å². The summed E-state index contributed by atoms with van der Waals surface area (Å²) in [6.45, 7) is 5.05. The van der Waals surface area contributed by atoms with Gasteiger partial charge in [0.25, 0.3) is 5.91 Å². The fraction of sp³-hybridized carbons (Fsp3) is 0.727. The minimum atomic E-state index is -0.279. The zero-order chi connectivity index (χ0) is 12.4. The molecule has 0 aliphatic carbocycles. The zero-order valence-electron chi connectivity index (χ0n) is 10.1. The highest BCUT2D eigenvalue weighted by molar-refractivity contribution is 7.07. The van der Waals surface area contributed by atoms with Gasteiger partial charge in [-0.3, -0.25) is 4.79 Å². The van der Waals surface area contributed by atoms with Crippen LogP contribution in [0.2, 0.25) is 0 Å². The van der Waals surface area contributed by atoms with E-state index in [0.717, 1.165) is 24.4 Å². The third-order valence-corrected chi connectivity index (χ3v) is 4.17. The molecule has 0 spiro atoms. The van der Waals surface area contributed by atoms with Gasteiger partial charge in [0, 0.05) is 13.1 Å². The largest absolute Gasteiger partial charge is 0.393 e. The number of hydrogen-bond donors (Lipinski definition) is 1. The lowest BCUT2D eigenvalue weighted by Gasteiger charge is -2.33. The minimum Gasteiger partial charge on any atom is -0.393 e. The molecule has 5 nitrogen and oxygen atoms in total. The number of aryl methyl sites for hydroxylation is 1. The summed E-state index contributed by atoms with van der Waals surface area (Å²) >= 11 is 1.16. The van der Waals surface area contributed by atoms with Gasteiger partial charge in [-0.1, -0.05) is 4.49 Å². The highest BCUT2D eigenvalue weighted by Gasteiger charge is 2.27. The number of piperidine rings is 1. The Labute approximate surface area is 105 Å². The average molecular weight is 255 g/mol. The molecule has 1 N–H and O–H groups in total. The molecule has 1 unspecified atom stereocenters. The van der Waals surface area contributed by atoms with E-state index in [-0.39, 0.29) is 12.0 Å². The summed E-state index contributed by atoms with van der Waals surface area (Å²) in [6, 6.07) is 0. The highest BCUT2D eigenvalue weighted by atomic mass is 32.1. The standard InChI is InChI=1S/C11H17N3O2S/c1-7-10(17-13-12-7)11(16)14-5-3-9(4-6-14)8(2)15/h8-9,15H,3-6H2,1-2H3. The van der Waals surface area contributed by atoms with E-state index in [1.54, 1.807) is 6.92 Å². The van der Waals surface area contributed by atoms with E-state index in [1.807, 2.05) is 11.8 Å². The van der Waals surface area contributed by atoms with Crippen LogP contribution in [0.15, 0.2) is 0 Å². The van der Waals surface area contributed by atoms with E-state index in [2.05, 4.69) is 9.59 Å². The van der Waals surface area contributed by atoms with Crippen molar-refractivity contribution >= 4 is 17.4 Å². The number of likely N-dealkylation sites (tertiary alicyclic amines) is 1. The summed E-state index contributed by atoms with van der Waals surface area (Å²) in [5.41, 5.74) is 0.706. The van der Waals surface area contributed by atoms with Crippen LogP contribution in [0.5, 0.6) is 0 Å². The monoisotopic (exact) mass is 255 g/mol. The van der Waals surface area contributed by atoms with Gasteiger partial charge in [0.2, 0.25) is 0 Å². The smallest absolute Gasteiger partial charge is 0.267 e. The molecule has 1 aliphatic heterocycles. The Kier molecular flexibility index (Phi) is 3.73. The van der Waals surface area contributed by atoms with Gasteiger partial charge >= 0.3 is 0 Å². The van der Waals surface area contributed by atoms with E-state index in [1.165, 1.54) is 0 Å². The number of aliphatic hydroxyl groups is 1. The zero-order valence-corrected chi connectivity index (χ0v) is 10.9. The summed E-state index contributed by atoms with van der Waals surface area (Å²) in [6.07, 6.45) is 1.46. The van der Waals surface area contributed by atoms with Crippen LogP contribution in [-0.2, 0) is 0 Å². The summed E-state index contributed by atoms with van der Waals surface area (Å²) in [7, 11) is 0. The van der Waals surface area contributed by atoms with Gasteiger partial charge in [0.1, 0.15) is 4.88 Å². The van der Waals surface area contributed by atoms with E-state index in [9.17, 15) is 9.90 Å². The minimum absolute atomic E-state index is 0.0292. The summed E-state index contributed by atoms with van der Waals surface area (Å²) in [5.74, 6) is 0.348. The molecule has 94 valence electrons. The van der Waals surface area contributed by atoms with Gasteiger partial charge < -0.3 is 10.0 Å². The van der Waals surface area contributed by atoms with Crippen LogP contribution in [0.4, 0.5) is 0 Å². The normalized spacial score (nSPS) is 19.4. The SMILES string of the molecule is Cc1nnsc1C(=O)N1CCC(C(C)O)CC1. The summed E-state index contributed by atoms with van der Waals surface area (Å²) in [5, 5.41) is 13.4. The molecule has 0 saturated carbocycles. The second-order valence-corrected chi connectivity index (χ2v) is 5.31. The number of amides is 1. The first-order valence-corrected chi connectivity index (χ1v) is 6.63. The second kappa shape index (κ2) is 5.10. The Hall–Kier alpha value is -1.01. The Morgan fingerprint density at radius 3 is 2.65 bits per heavy atom. The molecule has 0 bridgehead atoms. The molecule has 2 rings (SSSR count). The van der Waals surface area contributed by atoms with Crippen molar-refractivity contribution in [3.63, 3.8) is 0 Å². The first-order chi connectivity index (χ1) is 8.09. The molecule has 17 heavy (non-hydrogen) atoms. The molecule has 1 aromatic rings. The number of carbonyl (C=O) groups is 1. The molecule has 0 radical (unpaired) electrons. The third-order valence-electron chi connectivity index (χ3n) is 3.35. The summed E-state index contributed by atoms with van der Waals surface area (Å²) in [4.78, 5) is 14.6. The molecule has 1 fully saturated rings. The molecular weight excluding hydrogens is 238 g/mol. The first-order valence-electron chi connectivity index (χ1n) is 5.86. The number of rotatable bonds is 2. The quantitative estimate of drug-likeness (QED) is 0.858. The third kappa shape index (κ3) is 2.63. The van der Waals surface area contributed by atoms with Crippen molar-refractivity contribution in [2.24, 2.45) is 5.92 Å². The Morgan fingerprint density at radius 2 is 2.18 bits per heavy atom. The van der Waals surface area contributed by atoms with Crippen LogP contribution in [0.1, 0.15) is 35.1 Å². The molecule has 1 amide bonds. The maximum absolute atomic E-state index is 12.2. The molecular formula is C11H17N3O2S. The molecule has 1 aromatic heterocycles. The Balaban J connectivity index is 1.98. The number of aromatic nitrogens is 2. The number of hydrogen-bond acceptors (Lipinski definition) is 5. The highest BCUT2D eigenvalue weighted by Crippen LogP contribution is 2.23. The van der Waals surface area contributed by atoms with Crippen molar-refractivity contribution in [3.8, 4) is 0 Å². The average Bonchev–Trinajstić information content (AvgIpc) is 2.74. The lowest BCUT2D eigenvalue weighted by molar-refractivity contribution is 0.0524. The maximum Gasteiger partial charge on any atom is 0.267 e. The van der Waals surface area contributed by atoms with Crippen molar-refractivity contribution in [1.29, 1.82) is 0 Å². The molecule has 1 saturated heterocycles. The molecule has 0 aromatic carbocycles. The van der Waals surface area contributed by atoms with Crippen LogP contribution < -0.4 is 0 Å². The van der Waals surface area contributed by atoms with Crippen LogP contribution in [-0.4, -0.2) is 44.7 Å². The number of aliphatic hydroxyl groups excluding tert-OH is 1. The predicted molar refractivity (Wildman–Crippen MR) is 65.0 cm³/mol. The van der Waals surface area contributed by atoms with Gasteiger partial charge in [-0.15, -0.1) is 5.10 Å². The fourth-order valence-corrected chi connectivity index (χ4v) is 2.78. The van der Waals surface area contributed by atoms with Crippen molar-refractivity contribution in [2.45, 2.75) is 32.8 Å². The van der Waals surface area contributed by atoms with Gasteiger partial charge in [-0.25, -0.2) is 0 Å². The molecule has 6 heteroatoms. The summed E-state index contributed by atoms with van der Waals surface area (Å²) < 4.78 is 3.78. The number of nitrogens with zero attached hydrogens (tertiary/aromatic N) is 3. The lowest BCUT2D eigenvalue weighted by Crippen LogP contribution is -2.40. The van der Waals surface area contributed by atoms with Gasteiger partial charge in [0.05, 0.1) is 11.8 Å². The molecule has 1 aliphatic rings. The fourth-order valence-electron chi connectivity index (χ4n) is 2.16. The van der Waals surface area contributed by atoms with Crippen LogP contribution in [0, 0.1) is 12.8 Å². The van der Waals surface area contributed by atoms with Gasteiger partial charge in [-0.05, 0) is 44.1 Å². The Bertz CT molecular complexity index is 397. The topological polar surface area (TPSA) is 66.3 Å². The van der Waals surface area contributed by atoms with Crippen LogP contribution in [0.3, 0.4) is 0 Å². The van der Waals surface area contributed by atoms with Crippen LogP contribution in [0.25, 0.3) is 0 Å². The van der Waals surface area contributed by atoms with Gasteiger partial charge in [0.15, 0.2) is 0 Å². The van der Waals surface area contributed by atoms with Crippen molar-refractivity contribution in [3.05, 3.63) is 10.6 Å². The van der Waals surface area contributed by atoms with E-state index in [4.69, 9.17) is 0 Å². The van der Waals surface area contributed by atoms with E-state index >= 15 is 0 Å². The molecule has 2 heterocycles. The van der Waals surface area contributed by atoms with E-state index in [0.29, 0.717) is 29.6 Å². The van der Waals surface area contributed by atoms with Crippen molar-refractivity contribution < 1.29 is 9.90 Å². The first kappa shape index (κ1) is 12.4. The number of carbonyl (C=O) groups excluding carboxylic acids is 1. The van der Waals surface area contributed by atoms with Crippen LogP contribution >= 0.6 is 11.5 Å². The predicted octanol–water partition coefficient (Wildman–Crippen LogP) is 1.08. The maximum atomic E-state index is 12.2.